The van der Waals surface area contributed by atoms with Crippen LogP contribution < -0.4 is 10.1 Å². The molecule has 2 heterocycles. The Bertz CT molecular complexity index is 603. The van der Waals surface area contributed by atoms with Gasteiger partial charge in [0.25, 0.3) is 0 Å². The van der Waals surface area contributed by atoms with E-state index in [-0.39, 0.29) is 42.3 Å². The van der Waals surface area contributed by atoms with Gasteiger partial charge in [0, 0.05) is 26.2 Å². The third-order valence-electron chi connectivity index (χ3n) is 4.81. The largest absolute Gasteiger partial charge is 0.491 e. The van der Waals surface area contributed by atoms with Gasteiger partial charge in [-0.25, -0.2) is 4.99 Å². The summed E-state index contributed by atoms with van der Waals surface area (Å²) >= 11 is 0. The minimum Gasteiger partial charge on any atom is -0.491 e. The van der Waals surface area contributed by atoms with Crippen LogP contribution in [-0.2, 0) is 16.0 Å². The van der Waals surface area contributed by atoms with Gasteiger partial charge >= 0.3 is 0 Å². The summed E-state index contributed by atoms with van der Waals surface area (Å²) in [5.74, 6) is 1.85. The number of rotatable bonds is 6. The molecule has 0 bridgehead atoms. The van der Waals surface area contributed by atoms with Crippen molar-refractivity contribution in [2.24, 2.45) is 4.99 Å². The highest BCUT2D eigenvalue weighted by Crippen LogP contribution is 2.21. The summed E-state index contributed by atoms with van der Waals surface area (Å²) in [6.45, 7) is 10.9. The number of hydrogen-bond acceptors (Lipinski definition) is 4. The van der Waals surface area contributed by atoms with E-state index >= 15 is 0 Å². The molecule has 7 heteroatoms. The first-order chi connectivity index (χ1) is 13.2. The van der Waals surface area contributed by atoms with Crippen LogP contribution in [0.25, 0.3) is 0 Å². The molecule has 2 aliphatic heterocycles. The van der Waals surface area contributed by atoms with Crippen molar-refractivity contribution in [1.82, 2.24) is 10.2 Å². The topological polar surface area (TPSA) is 55.3 Å². The summed E-state index contributed by atoms with van der Waals surface area (Å²) < 4.78 is 17.5. The monoisotopic (exact) mass is 503 g/mol. The van der Waals surface area contributed by atoms with Crippen molar-refractivity contribution in [2.45, 2.75) is 58.5 Å². The van der Waals surface area contributed by atoms with Gasteiger partial charge in [-0.1, -0.05) is 12.1 Å². The minimum absolute atomic E-state index is 0. The van der Waals surface area contributed by atoms with E-state index in [1.807, 2.05) is 26.0 Å². The number of ether oxygens (including phenoxy) is 3. The smallest absolute Gasteiger partial charge is 0.194 e. The van der Waals surface area contributed by atoms with Crippen LogP contribution in [0.3, 0.4) is 0 Å². The maximum atomic E-state index is 5.96. The standard InChI is InChI=1S/C21H33N3O3.HI/c1-4-22-21(23-14-17-7-9-18(10-8-17)27-16(2)3)24-11-13-26-20(15-24)19-6-5-12-25-19;/h7-10,16,19-20H,4-6,11-15H2,1-3H3,(H,22,23);1H. The Kier molecular flexibility index (Phi) is 9.81. The third kappa shape index (κ3) is 6.77. The first-order valence-corrected chi connectivity index (χ1v) is 10.2. The molecule has 1 aromatic rings. The van der Waals surface area contributed by atoms with Crippen molar-refractivity contribution in [1.29, 1.82) is 0 Å². The molecular weight excluding hydrogens is 469 g/mol. The molecule has 2 saturated heterocycles. The molecule has 0 amide bonds. The van der Waals surface area contributed by atoms with E-state index in [1.165, 1.54) is 5.56 Å². The fourth-order valence-electron chi connectivity index (χ4n) is 3.53. The Labute approximate surface area is 186 Å². The highest BCUT2D eigenvalue weighted by Gasteiger charge is 2.32. The van der Waals surface area contributed by atoms with Crippen LogP contribution in [0.15, 0.2) is 29.3 Å². The second-order valence-corrected chi connectivity index (χ2v) is 7.39. The van der Waals surface area contributed by atoms with E-state index < -0.39 is 0 Å². The summed E-state index contributed by atoms with van der Waals surface area (Å²) in [6, 6.07) is 8.19. The summed E-state index contributed by atoms with van der Waals surface area (Å²) in [5, 5.41) is 3.43. The maximum Gasteiger partial charge on any atom is 0.194 e. The van der Waals surface area contributed by atoms with Crippen LogP contribution in [0.5, 0.6) is 5.75 Å². The lowest BCUT2D eigenvalue weighted by molar-refractivity contribution is -0.0817. The Morgan fingerprint density at radius 3 is 2.61 bits per heavy atom. The molecule has 158 valence electrons. The van der Waals surface area contributed by atoms with Crippen LogP contribution in [0.2, 0.25) is 0 Å². The van der Waals surface area contributed by atoms with Gasteiger partial charge in [-0.15, -0.1) is 24.0 Å². The lowest BCUT2D eigenvalue weighted by Crippen LogP contribution is -2.53. The van der Waals surface area contributed by atoms with Crippen LogP contribution in [0.1, 0.15) is 39.2 Å². The molecule has 0 spiro atoms. The lowest BCUT2D eigenvalue weighted by atomic mass is 10.1. The second-order valence-electron chi connectivity index (χ2n) is 7.39. The minimum atomic E-state index is 0. The van der Waals surface area contributed by atoms with Gasteiger partial charge in [-0.2, -0.15) is 0 Å². The quantitative estimate of drug-likeness (QED) is 0.366. The molecular formula is C21H34IN3O3. The van der Waals surface area contributed by atoms with Crippen molar-refractivity contribution in [3.05, 3.63) is 29.8 Å². The molecule has 0 radical (unpaired) electrons. The number of benzene rings is 1. The summed E-state index contributed by atoms with van der Waals surface area (Å²) in [6.07, 6.45) is 2.78. The van der Waals surface area contributed by atoms with Crippen molar-refractivity contribution in [3.63, 3.8) is 0 Å². The van der Waals surface area contributed by atoms with Gasteiger partial charge in [0.15, 0.2) is 5.96 Å². The summed E-state index contributed by atoms with van der Waals surface area (Å²) in [4.78, 5) is 7.15. The molecule has 2 atom stereocenters. The molecule has 2 fully saturated rings. The van der Waals surface area contributed by atoms with Gasteiger partial charge in [-0.3, -0.25) is 0 Å². The van der Waals surface area contributed by atoms with Crippen molar-refractivity contribution < 1.29 is 14.2 Å². The van der Waals surface area contributed by atoms with E-state index in [0.717, 1.165) is 57.4 Å². The van der Waals surface area contributed by atoms with Gasteiger partial charge in [0.2, 0.25) is 0 Å². The number of morpholine rings is 1. The average Bonchev–Trinajstić information content (AvgIpc) is 3.21. The number of halogens is 1. The molecule has 28 heavy (non-hydrogen) atoms. The molecule has 0 saturated carbocycles. The van der Waals surface area contributed by atoms with Crippen LogP contribution >= 0.6 is 24.0 Å². The van der Waals surface area contributed by atoms with Gasteiger partial charge in [0.05, 0.1) is 25.4 Å². The normalized spacial score (nSPS) is 22.9. The molecule has 1 N–H and O–H groups in total. The van der Waals surface area contributed by atoms with Crippen molar-refractivity contribution in [2.75, 3.05) is 32.8 Å². The zero-order valence-corrected chi connectivity index (χ0v) is 19.6. The van der Waals surface area contributed by atoms with Crippen LogP contribution in [0, 0.1) is 0 Å². The Balaban J connectivity index is 0.00000280. The average molecular weight is 503 g/mol. The van der Waals surface area contributed by atoms with Gasteiger partial charge in [0.1, 0.15) is 11.9 Å². The summed E-state index contributed by atoms with van der Waals surface area (Å²) in [5.41, 5.74) is 1.17. The van der Waals surface area contributed by atoms with Crippen LogP contribution in [-0.4, -0.2) is 62.0 Å². The Morgan fingerprint density at radius 2 is 1.96 bits per heavy atom. The first kappa shape index (κ1) is 23.2. The van der Waals surface area contributed by atoms with Crippen LogP contribution in [0.4, 0.5) is 0 Å². The van der Waals surface area contributed by atoms with Crippen molar-refractivity contribution >= 4 is 29.9 Å². The molecule has 6 nitrogen and oxygen atoms in total. The fourth-order valence-corrected chi connectivity index (χ4v) is 3.53. The van der Waals surface area contributed by atoms with E-state index in [4.69, 9.17) is 19.2 Å². The third-order valence-corrected chi connectivity index (χ3v) is 4.81. The Hall–Kier alpha value is -1.06. The molecule has 2 unspecified atom stereocenters. The number of guanidine groups is 1. The zero-order valence-electron chi connectivity index (χ0n) is 17.2. The van der Waals surface area contributed by atoms with E-state index in [0.29, 0.717) is 6.54 Å². The predicted molar refractivity (Wildman–Crippen MR) is 123 cm³/mol. The predicted octanol–water partition coefficient (Wildman–Crippen LogP) is 3.44. The highest BCUT2D eigenvalue weighted by molar-refractivity contribution is 14.0. The maximum absolute atomic E-state index is 5.96. The fraction of sp³-hybridized carbons (Fsp3) is 0.667. The van der Waals surface area contributed by atoms with Gasteiger partial charge in [-0.05, 0) is 51.3 Å². The lowest BCUT2D eigenvalue weighted by Gasteiger charge is -2.37. The van der Waals surface area contributed by atoms with Crippen molar-refractivity contribution in [3.8, 4) is 5.75 Å². The molecule has 2 aliphatic rings. The summed E-state index contributed by atoms with van der Waals surface area (Å²) in [7, 11) is 0. The van der Waals surface area contributed by atoms with Gasteiger partial charge < -0.3 is 24.4 Å². The van der Waals surface area contributed by atoms with E-state index in [1.54, 1.807) is 0 Å². The van der Waals surface area contributed by atoms with E-state index in [9.17, 15) is 0 Å². The van der Waals surface area contributed by atoms with E-state index in [2.05, 4.69) is 29.3 Å². The number of nitrogens with one attached hydrogen (secondary N) is 1. The number of aliphatic imine (C=N–C) groups is 1. The SMILES string of the molecule is CCNC(=NCc1ccc(OC(C)C)cc1)N1CCOC(C2CCCO2)C1.I. The molecule has 1 aromatic carbocycles. The first-order valence-electron chi connectivity index (χ1n) is 10.2. The molecule has 0 aromatic heterocycles. The number of hydrogen-bond donors (Lipinski definition) is 1. The molecule has 3 rings (SSSR count). The zero-order chi connectivity index (χ0) is 19.1. The highest BCUT2D eigenvalue weighted by atomic mass is 127. The Morgan fingerprint density at radius 1 is 1.21 bits per heavy atom. The molecule has 0 aliphatic carbocycles. The second kappa shape index (κ2) is 11.8. The number of nitrogens with zero attached hydrogens (tertiary/aromatic N) is 2.